The molecule has 0 saturated heterocycles. The molecule has 0 bridgehead atoms. The number of ether oxygens (including phenoxy) is 1. The minimum absolute atomic E-state index is 0.323. The van der Waals surface area contributed by atoms with Crippen molar-refractivity contribution in [1.82, 2.24) is 4.57 Å². The molecule has 0 radical (unpaired) electrons. The predicted octanol–water partition coefficient (Wildman–Crippen LogP) is 11.5. The third kappa shape index (κ3) is 3.69. The topological polar surface area (TPSA) is 49.7 Å². The normalized spacial score (nSPS) is 13.1. The lowest BCUT2D eigenvalue weighted by Gasteiger charge is -2.33. The van der Waals surface area contributed by atoms with E-state index in [0.29, 0.717) is 0 Å². The zero-order valence-electron chi connectivity index (χ0n) is 28.7. The van der Waals surface area contributed by atoms with Gasteiger partial charge >= 0.3 is 6.92 Å². The molecule has 0 N–H and O–H groups in total. The Kier molecular flexibility index (Phi) is 5.39. The minimum Gasteiger partial charge on any atom is -0.551 e. The highest BCUT2D eigenvalue weighted by Gasteiger charge is 2.41. The van der Waals surface area contributed by atoms with E-state index in [4.69, 9.17) is 18.2 Å². The van der Waals surface area contributed by atoms with E-state index in [-0.39, 0.29) is 6.92 Å². The van der Waals surface area contributed by atoms with Crippen molar-refractivity contribution in [3.8, 4) is 45.2 Å². The van der Waals surface area contributed by atoms with Crippen LogP contribution in [-0.4, -0.2) is 11.5 Å². The van der Waals surface area contributed by atoms with Gasteiger partial charge in [-0.3, -0.25) is 0 Å². The summed E-state index contributed by atoms with van der Waals surface area (Å²) in [6, 6.07) is 55.1. The molecule has 0 aliphatic carbocycles. The van der Waals surface area contributed by atoms with Crippen LogP contribution < -0.4 is 20.3 Å². The molecule has 8 aromatic carbocycles. The first-order chi connectivity index (χ1) is 26.8. The van der Waals surface area contributed by atoms with E-state index in [1.54, 1.807) is 0 Å². The van der Waals surface area contributed by atoms with Gasteiger partial charge in [-0.15, -0.1) is 0 Å². The molecule has 0 fully saturated rings. The molecule has 0 amide bonds. The van der Waals surface area contributed by atoms with Gasteiger partial charge in [0.25, 0.3) is 0 Å². The van der Waals surface area contributed by atoms with Gasteiger partial charge in [-0.1, -0.05) is 91.0 Å². The first kappa shape index (κ1) is 28.4. The molecule has 0 saturated carbocycles. The van der Waals surface area contributed by atoms with Crippen LogP contribution in [0.1, 0.15) is 0 Å². The standard InChI is InChI=1S/C48H26BNO4/c1-5-15-37-30(10-1)31-11-2-6-16-38(31)50(37)28-20-22-36-43(26-28)52-44-25-27(24-35-33-13-4-8-18-40(33)54-49(36)47(35)44)29-14-9-19-41-45(29)46-42(51-41)23-21-34-32-12-3-7-17-39(32)53-48(34)46/h1-26H. The van der Waals surface area contributed by atoms with Crippen LogP contribution in [-0.2, 0) is 0 Å². The van der Waals surface area contributed by atoms with Crippen molar-refractivity contribution in [2.75, 3.05) is 0 Å². The fourth-order valence-electron chi connectivity index (χ4n) is 9.17. The fraction of sp³-hybridized carbons (Fsp3) is 0. The van der Waals surface area contributed by atoms with Crippen LogP contribution in [0.2, 0.25) is 0 Å². The molecule has 0 atom stereocenters. The van der Waals surface area contributed by atoms with Gasteiger partial charge in [-0.25, -0.2) is 0 Å². The molecule has 250 valence electrons. The average molecular weight is 692 g/mol. The molecule has 0 spiro atoms. The van der Waals surface area contributed by atoms with Gasteiger partial charge in [0, 0.05) is 55.2 Å². The Morgan fingerprint density at radius 2 is 1.17 bits per heavy atom. The summed E-state index contributed by atoms with van der Waals surface area (Å²) in [5.41, 5.74) is 12.9. The number of benzene rings is 8. The first-order valence-corrected chi connectivity index (χ1v) is 18.3. The lowest BCUT2D eigenvalue weighted by Crippen LogP contribution is -2.53. The number of fused-ring (bicyclic) bond motifs is 14. The third-order valence-corrected chi connectivity index (χ3v) is 11.5. The lowest BCUT2D eigenvalue weighted by molar-refractivity contribution is 0.479. The van der Waals surface area contributed by atoms with E-state index in [9.17, 15) is 0 Å². The SMILES string of the molecule is c1ccc2c(c1)OB1c3ccc(-n4c5ccccc5c5ccccc54)cc3Oc3cc(-c4cccc5oc6ccc7c8ccccc8oc7c6c45)cc-2c31. The Bertz CT molecular complexity index is 3370. The van der Waals surface area contributed by atoms with Crippen molar-refractivity contribution >= 4 is 83.5 Å². The second-order valence-electron chi connectivity index (χ2n) is 14.3. The highest BCUT2D eigenvalue weighted by Crippen LogP contribution is 2.46. The van der Waals surface area contributed by atoms with Crippen LogP contribution in [0.25, 0.3) is 93.6 Å². The highest BCUT2D eigenvalue weighted by molar-refractivity contribution is 6.84. The molecule has 6 heteroatoms. The van der Waals surface area contributed by atoms with Crippen molar-refractivity contribution in [1.29, 1.82) is 0 Å². The molecule has 54 heavy (non-hydrogen) atoms. The molecule has 2 aliphatic rings. The molecular formula is C48H26BNO4. The van der Waals surface area contributed by atoms with Crippen LogP contribution in [0.4, 0.5) is 0 Å². The smallest absolute Gasteiger partial charge is 0.434 e. The van der Waals surface area contributed by atoms with E-state index in [1.165, 1.54) is 10.8 Å². The van der Waals surface area contributed by atoms with Crippen molar-refractivity contribution in [2.24, 2.45) is 0 Å². The van der Waals surface area contributed by atoms with Gasteiger partial charge in [0.15, 0.2) is 0 Å². The van der Waals surface area contributed by atoms with Gasteiger partial charge in [0.2, 0.25) is 0 Å². The zero-order chi connectivity index (χ0) is 35.1. The predicted molar refractivity (Wildman–Crippen MR) is 218 cm³/mol. The van der Waals surface area contributed by atoms with Crippen LogP contribution in [0, 0.1) is 0 Å². The second kappa shape index (κ2) is 10.2. The molecule has 2 aliphatic heterocycles. The Hall–Kier alpha value is -7.18. The van der Waals surface area contributed by atoms with Crippen LogP contribution in [0.3, 0.4) is 0 Å². The van der Waals surface area contributed by atoms with Crippen molar-refractivity contribution in [2.45, 2.75) is 0 Å². The van der Waals surface area contributed by atoms with Crippen LogP contribution in [0.15, 0.2) is 167 Å². The highest BCUT2D eigenvalue weighted by atomic mass is 16.5. The molecule has 0 unspecified atom stereocenters. The number of aromatic nitrogens is 1. The Morgan fingerprint density at radius 1 is 0.444 bits per heavy atom. The van der Waals surface area contributed by atoms with Gasteiger partial charge in [-0.2, -0.15) is 0 Å². The van der Waals surface area contributed by atoms with Gasteiger partial charge in [0.05, 0.1) is 16.4 Å². The van der Waals surface area contributed by atoms with E-state index >= 15 is 0 Å². The molecule has 5 heterocycles. The Morgan fingerprint density at radius 3 is 2.04 bits per heavy atom. The van der Waals surface area contributed by atoms with E-state index in [2.05, 4.69) is 138 Å². The van der Waals surface area contributed by atoms with Gasteiger partial charge in [0.1, 0.15) is 39.6 Å². The molecular weight excluding hydrogens is 665 g/mol. The number of rotatable bonds is 2. The third-order valence-electron chi connectivity index (χ3n) is 11.5. The van der Waals surface area contributed by atoms with Crippen LogP contribution >= 0.6 is 0 Å². The zero-order valence-corrected chi connectivity index (χ0v) is 28.7. The molecule has 3 aromatic heterocycles. The Balaban J connectivity index is 1.05. The Labute approximate surface area is 308 Å². The van der Waals surface area contributed by atoms with Crippen molar-refractivity contribution in [3.63, 3.8) is 0 Å². The molecule has 5 nitrogen and oxygen atoms in total. The summed E-state index contributed by atoms with van der Waals surface area (Å²) in [7, 11) is 0. The molecule has 11 aromatic rings. The summed E-state index contributed by atoms with van der Waals surface area (Å²) in [6.07, 6.45) is 0. The lowest BCUT2D eigenvalue weighted by atomic mass is 9.50. The average Bonchev–Trinajstić information content (AvgIpc) is 3.90. The number of nitrogens with zero attached hydrogens (tertiary/aromatic N) is 1. The number of furan rings is 2. The maximum Gasteiger partial charge on any atom is 0.434 e. The second-order valence-corrected chi connectivity index (χ2v) is 14.3. The van der Waals surface area contributed by atoms with E-state index in [1.807, 2.05) is 24.3 Å². The summed E-state index contributed by atoms with van der Waals surface area (Å²) in [4.78, 5) is 0. The van der Waals surface area contributed by atoms with Crippen LogP contribution in [0.5, 0.6) is 17.2 Å². The van der Waals surface area contributed by atoms with Gasteiger partial charge in [-0.05, 0) is 77.4 Å². The first-order valence-electron chi connectivity index (χ1n) is 18.3. The summed E-state index contributed by atoms with van der Waals surface area (Å²) in [5, 5.41) is 6.60. The minimum atomic E-state index is -0.323. The maximum atomic E-state index is 7.02. The summed E-state index contributed by atoms with van der Waals surface area (Å²) in [5.74, 6) is 2.42. The van der Waals surface area contributed by atoms with Crippen molar-refractivity contribution < 1.29 is 18.2 Å². The maximum absolute atomic E-state index is 7.02. The molecule has 13 rings (SSSR count). The quantitative estimate of drug-likeness (QED) is 0.169. The monoisotopic (exact) mass is 691 g/mol. The van der Waals surface area contributed by atoms with E-state index in [0.717, 1.165) is 111 Å². The summed E-state index contributed by atoms with van der Waals surface area (Å²) in [6.45, 7) is -0.323. The van der Waals surface area contributed by atoms with Crippen molar-refractivity contribution in [3.05, 3.63) is 158 Å². The van der Waals surface area contributed by atoms with E-state index < -0.39 is 0 Å². The number of para-hydroxylation sites is 4. The number of hydrogen-bond acceptors (Lipinski definition) is 4. The van der Waals surface area contributed by atoms with Gasteiger partial charge < -0.3 is 22.8 Å². The largest absolute Gasteiger partial charge is 0.551 e. The summed E-state index contributed by atoms with van der Waals surface area (Å²) < 4.78 is 29.3. The summed E-state index contributed by atoms with van der Waals surface area (Å²) >= 11 is 0. The fourth-order valence-corrected chi connectivity index (χ4v) is 9.17. The number of hydrogen-bond donors (Lipinski definition) is 0.